The molecule has 6 nitrogen and oxygen atoms in total. The Balaban J connectivity index is 1.66. The van der Waals surface area contributed by atoms with Crippen LogP contribution in [-0.4, -0.2) is 39.1 Å². The molecular weight excluding hydrogens is 440 g/mol. The van der Waals surface area contributed by atoms with E-state index in [0.717, 1.165) is 58.4 Å². The number of carboxylic acids is 1. The predicted octanol–water partition coefficient (Wildman–Crippen LogP) is 5.65. The summed E-state index contributed by atoms with van der Waals surface area (Å²) in [6.07, 6.45) is 5.39. The topological polar surface area (TPSA) is 80.1 Å². The number of nitrogens with zero attached hydrogens (tertiary/aromatic N) is 2. The number of fused-ring (bicyclic) bond motifs is 2. The molecule has 1 saturated carbocycles. The van der Waals surface area contributed by atoms with Crippen molar-refractivity contribution in [2.75, 3.05) is 13.2 Å². The highest BCUT2D eigenvalue weighted by Crippen LogP contribution is 2.48. The first-order valence-electron chi connectivity index (χ1n) is 11.8. The predicted molar refractivity (Wildman–Crippen MR) is 123 cm³/mol. The van der Waals surface area contributed by atoms with E-state index < -0.39 is 17.6 Å². The average Bonchev–Trinajstić information content (AvgIpc) is 3.56. The molecule has 3 heterocycles. The molecule has 0 bridgehead atoms. The van der Waals surface area contributed by atoms with Gasteiger partial charge in [-0.2, -0.15) is 5.10 Å². The summed E-state index contributed by atoms with van der Waals surface area (Å²) in [5.74, 6) is -2.65. The minimum atomic E-state index is -0.893. The normalized spacial score (nSPS) is 21.6. The number of aliphatic carboxylic acids is 1. The minimum absolute atomic E-state index is 0.0772. The van der Waals surface area contributed by atoms with Gasteiger partial charge in [0.05, 0.1) is 23.1 Å². The van der Waals surface area contributed by atoms with Gasteiger partial charge in [0.15, 0.2) is 11.6 Å². The van der Waals surface area contributed by atoms with Crippen molar-refractivity contribution in [3.8, 4) is 5.69 Å². The number of carbonyl (C=O) groups is 1. The molecule has 0 spiro atoms. The lowest BCUT2D eigenvalue weighted by Crippen LogP contribution is -2.19. The first-order valence-corrected chi connectivity index (χ1v) is 11.8. The second kappa shape index (κ2) is 8.20. The Morgan fingerprint density at radius 1 is 1.06 bits per heavy atom. The van der Waals surface area contributed by atoms with Crippen LogP contribution in [0.2, 0.25) is 0 Å². The van der Waals surface area contributed by atoms with Crippen LogP contribution in [0, 0.1) is 17.6 Å². The van der Waals surface area contributed by atoms with Gasteiger partial charge >= 0.3 is 5.97 Å². The SMILES string of the molecule is O=C(O)[C@@H]1CC[C@@H](c2c(C3CCOCC3)n(-c3ccc(F)c(F)c3)c3cc4cn[nH]c4cc23)C1. The number of aromatic nitrogens is 3. The molecule has 2 aliphatic rings. The maximum Gasteiger partial charge on any atom is 0.306 e. The summed E-state index contributed by atoms with van der Waals surface area (Å²) in [5, 5.41) is 18.8. The van der Waals surface area contributed by atoms with Crippen LogP contribution < -0.4 is 0 Å². The van der Waals surface area contributed by atoms with E-state index in [4.69, 9.17) is 4.74 Å². The summed E-state index contributed by atoms with van der Waals surface area (Å²) < 4.78 is 35.9. The van der Waals surface area contributed by atoms with Crippen molar-refractivity contribution in [3.05, 3.63) is 59.4 Å². The van der Waals surface area contributed by atoms with Gasteiger partial charge in [-0.25, -0.2) is 8.78 Å². The second-order valence-corrected chi connectivity index (χ2v) is 9.49. The number of benzene rings is 2. The molecule has 6 rings (SSSR count). The van der Waals surface area contributed by atoms with Crippen LogP contribution in [0.5, 0.6) is 0 Å². The van der Waals surface area contributed by atoms with Crippen LogP contribution in [0.25, 0.3) is 27.5 Å². The second-order valence-electron chi connectivity index (χ2n) is 9.49. The van der Waals surface area contributed by atoms with Crippen molar-refractivity contribution in [1.82, 2.24) is 14.8 Å². The van der Waals surface area contributed by atoms with E-state index in [1.807, 2.05) is 6.07 Å². The van der Waals surface area contributed by atoms with Gasteiger partial charge in [0.25, 0.3) is 0 Å². The van der Waals surface area contributed by atoms with Crippen LogP contribution in [0.4, 0.5) is 8.78 Å². The summed E-state index contributed by atoms with van der Waals surface area (Å²) in [6, 6.07) is 8.12. The molecule has 34 heavy (non-hydrogen) atoms. The molecule has 2 aromatic heterocycles. The zero-order valence-electron chi connectivity index (χ0n) is 18.6. The quantitative estimate of drug-likeness (QED) is 0.408. The number of aromatic amines is 1. The number of hydrogen-bond acceptors (Lipinski definition) is 3. The monoisotopic (exact) mass is 465 g/mol. The third kappa shape index (κ3) is 3.39. The number of halogens is 2. The molecular formula is C26H25F2N3O3. The van der Waals surface area contributed by atoms with Crippen LogP contribution in [-0.2, 0) is 9.53 Å². The number of rotatable bonds is 4. The van der Waals surface area contributed by atoms with E-state index in [9.17, 15) is 18.7 Å². The molecule has 2 N–H and O–H groups in total. The number of H-pyrrole nitrogens is 1. The summed E-state index contributed by atoms with van der Waals surface area (Å²) in [4.78, 5) is 11.8. The Bertz CT molecular complexity index is 1400. The van der Waals surface area contributed by atoms with Gasteiger partial charge in [0.2, 0.25) is 0 Å². The fourth-order valence-corrected chi connectivity index (χ4v) is 5.94. The van der Waals surface area contributed by atoms with E-state index in [1.54, 1.807) is 12.3 Å². The highest BCUT2D eigenvalue weighted by Gasteiger charge is 2.37. The Labute approximate surface area is 194 Å². The number of carboxylic acid groups (broad SMARTS) is 1. The van der Waals surface area contributed by atoms with E-state index in [0.29, 0.717) is 31.7 Å². The summed E-state index contributed by atoms with van der Waals surface area (Å²) in [6.45, 7) is 1.27. The molecule has 2 fully saturated rings. The van der Waals surface area contributed by atoms with E-state index in [1.165, 1.54) is 6.07 Å². The molecule has 0 unspecified atom stereocenters. The van der Waals surface area contributed by atoms with Gasteiger partial charge in [0, 0.05) is 47.4 Å². The minimum Gasteiger partial charge on any atom is -0.481 e. The Kier molecular flexibility index (Phi) is 5.13. The Morgan fingerprint density at radius 3 is 2.62 bits per heavy atom. The van der Waals surface area contributed by atoms with Crippen molar-refractivity contribution in [2.24, 2.45) is 5.92 Å². The fraction of sp³-hybridized carbons (Fsp3) is 0.385. The third-order valence-corrected chi connectivity index (χ3v) is 7.56. The van der Waals surface area contributed by atoms with Gasteiger partial charge in [-0.05, 0) is 67.9 Å². The zero-order chi connectivity index (χ0) is 23.4. The summed E-state index contributed by atoms with van der Waals surface area (Å²) in [5.41, 5.74) is 4.55. The highest BCUT2D eigenvalue weighted by molar-refractivity contribution is 5.99. The van der Waals surface area contributed by atoms with Crippen molar-refractivity contribution in [3.63, 3.8) is 0 Å². The first-order chi connectivity index (χ1) is 16.5. The molecule has 176 valence electrons. The van der Waals surface area contributed by atoms with Gasteiger partial charge in [-0.3, -0.25) is 9.89 Å². The van der Waals surface area contributed by atoms with E-state index in [-0.39, 0.29) is 17.8 Å². The number of nitrogens with one attached hydrogen (secondary N) is 1. The Morgan fingerprint density at radius 2 is 1.88 bits per heavy atom. The van der Waals surface area contributed by atoms with E-state index >= 15 is 0 Å². The maximum atomic E-state index is 14.4. The smallest absolute Gasteiger partial charge is 0.306 e. The fourth-order valence-electron chi connectivity index (χ4n) is 5.94. The van der Waals surface area contributed by atoms with Crippen LogP contribution >= 0.6 is 0 Å². The Hall–Kier alpha value is -3.26. The lowest BCUT2D eigenvalue weighted by atomic mass is 9.86. The molecule has 0 radical (unpaired) electrons. The summed E-state index contributed by atoms with van der Waals surface area (Å²) >= 11 is 0. The van der Waals surface area contributed by atoms with Gasteiger partial charge < -0.3 is 14.4 Å². The van der Waals surface area contributed by atoms with Gasteiger partial charge in [0.1, 0.15) is 0 Å². The van der Waals surface area contributed by atoms with Gasteiger partial charge in [-0.15, -0.1) is 0 Å². The lowest BCUT2D eigenvalue weighted by Gasteiger charge is -2.27. The zero-order valence-corrected chi connectivity index (χ0v) is 18.6. The maximum absolute atomic E-state index is 14.4. The van der Waals surface area contributed by atoms with Gasteiger partial charge in [-0.1, -0.05) is 0 Å². The molecule has 1 aliphatic heterocycles. The first kappa shape index (κ1) is 21.3. The summed E-state index contributed by atoms with van der Waals surface area (Å²) in [7, 11) is 0. The molecule has 4 aromatic rings. The molecule has 1 saturated heterocycles. The largest absolute Gasteiger partial charge is 0.481 e. The van der Waals surface area contributed by atoms with Crippen LogP contribution in [0.1, 0.15) is 55.2 Å². The number of hydrogen-bond donors (Lipinski definition) is 2. The number of ether oxygens (including phenoxy) is 1. The molecule has 0 amide bonds. The third-order valence-electron chi connectivity index (χ3n) is 7.56. The van der Waals surface area contributed by atoms with Crippen LogP contribution in [0.15, 0.2) is 36.5 Å². The van der Waals surface area contributed by atoms with Crippen molar-refractivity contribution in [1.29, 1.82) is 0 Å². The highest BCUT2D eigenvalue weighted by atomic mass is 19.2. The van der Waals surface area contributed by atoms with Crippen molar-refractivity contribution >= 4 is 27.8 Å². The van der Waals surface area contributed by atoms with E-state index in [2.05, 4.69) is 20.8 Å². The average molecular weight is 466 g/mol. The molecule has 2 aromatic carbocycles. The standard InChI is InChI=1S/C26H25F2N3O3/c27-20-4-3-18(11-21(20)28)31-23-10-17-13-29-30-22(17)12-19(23)24(15-1-2-16(9-15)26(32)33)25(31)14-5-7-34-8-6-14/h3-4,10-16H,1-2,5-9H2,(H,29,30)(H,32,33)/t15-,16-/m1/s1. The lowest BCUT2D eigenvalue weighted by molar-refractivity contribution is -0.141. The molecule has 2 atom stereocenters. The molecule has 1 aliphatic carbocycles. The van der Waals surface area contributed by atoms with Crippen LogP contribution in [0.3, 0.4) is 0 Å². The van der Waals surface area contributed by atoms with Crippen molar-refractivity contribution in [2.45, 2.75) is 43.9 Å². The molecule has 8 heteroatoms. The van der Waals surface area contributed by atoms with Crippen molar-refractivity contribution < 1.29 is 23.4 Å².